The minimum Gasteiger partial charge on any atom is -0.489 e. The number of hydrogen-bond acceptors (Lipinski definition) is 4. The Labute approximate surface area is 169 Å². The second-order valence-electron chi connectivity index (χ2n) is 5.78. The summed E-state index contributed by atoms with van der Waals surface area (Å²) < 4.78 is 5.94. The fraction of sp³-hybridized carbons (Fsp3) is 0.368. The molecule has 0 aliphatic heterocycles. The number of aliphatic hydroxyl groups is 1. The lowest BCUT2D eigenvalue weighted by Crippen LogP contribution is -2.24. The third-order valence-corrected chi connectivity index (χ3v) is 4.55. The lowest BCUT2D eigenvalue weighted by Gasteiger charge is -2.14. The fourth-order valence-corrected chi connectivity index (χ4v) is 3.04. The predicted octanol–water partition coefficient (Wildman–Crippen LogP) is 4.29. The third-order valence-electron chi connectivity index (χ3n) is 3.73. The van der Waals surface area contributed by atoms with Crippen LogP contribution in [0.2, 0.25) is 15.1 Å². The Hall–Kier alpha value is -1.01. The minimum atomic E-state index is 0.161. The SMILES string of the molecule is OCCNCCCNCc1cc(Cl)ccc1OCc1ccc(Cl)cc1Cl. The highest BCUT2D eigenvalue weighted by molar-refractivity contribution is 6.35. The van der Waals surface area contributed by atoms with Crippen LogP contribution in [-0.4, -0.2) is 31.3 Å². The molecule has 0 atom stereocenters. The second-order valence-corrected chi connectivity index (χ2v) is 7.06. The van der Waals surface area contributed by atoms with Gasteiger partial charge in [-0.3, -0.25) is 0 Å². The molecule has 0 fully saturated rings. The van der Waals surface area contributed by atoms with Crippen LogP contribution >= 0.6 is 34.8 Å². The molecule has 142 valence electrons. The number of halogens is 3. The summed E-state index contributed by atoms with van der Waals surface area (Å²) in [7, 11) is 0. The average molecular weight is 418 g/mol. The zero-order chi connectivity index (χ0) is 18.8. The molecule has 26 heavy (non-hydrogen) atoms. The van der Waals surface area contributed by atoms with E-state index in [1.165, 1.54) is 0 Å². The van der Waals surface area contributed by atoms with Gasteiger partial charge in [0.05, 0.1) is 6.61 Å². The molecule has 0 radical (unpaired) electrons. The second kappa shape index (κ2) is 11.7. The smallest absolute Gasteiger partial charge is 0.124 e. The van der Waals surface area contributed by atoms with E-state index in [1.54, 1.807) is 12.1 Å². The highest BCUT2D eigenvalue weighted by Crippen LogP contribution is 2.26. The molecule has 2 aromatic rings. The van der Waals surface area contributed by atoms with E-state index in [4.69, 9.17) is 44.6 Å². The summed E-state index contributed by atoms with van der Waals surface area (Å²) in [4.78, 5) is 0. The molecule has 2 aromatic carbocycles. The van der Waals surface area contributed by atoms with Gasteiger partial charge in [0.1, 0.15) is 12.4 Å². The van der Waals surface area contributed by atoms with E-state index in [0.717, 1.165) is 36.4 Å². The molecule has 0 aromatic heterocycles. The molecule has 4 nitrogen and oxygen atoms in total. The van der Waals surface area contributed by atoms with E-state index < -0.39 is 0 Å². The van der Waals surface area contributed by atoms with E-state index in [0.29, 0.717) is 34.8 Å². The molecule has 3 N–H and O–H groups in total. The quantitative estimate of drug-likeness (QED) is 0.477. The minimum absolute atomic E-state index is 0.161. The van der Waals surface area contributed by atoms with Crippen molar-refractivity contribution in [2.45, 2.75) is 19.6 Å². The Balaban J connectivity index is 1.88. The van der Waals surface area contributed by atoms with Gasteiger partial charge in [-0.1, -0.05) is 40.9 Å². The fourth-order valence-electron chi connectivity index (χ4n) is 2.39. The first-order valence-corrected chi connectivity index (χ1v) is 9.61. The third kappa shape index (κ3) is 7.31. The van der Waals surface area contributed by atoms with Gasteiger partial charge in [-0.15, -0.1) is 0 Å². The van der Waals surface area contributed by atoms with Crippen molar-refractivity contribution in [2.75, 3.05) is 26.2 Å². The van der Waals surface area contributed by atoms with Gasteiger partial charge in [0.15, 0.2) is 0 Å². The molecule has 0 unspecified atom stereocenters. The van der Waals surface area contributed by atoms with Gasteiger partial charge < -0.3 is 20.5 Å². The molecule has 0 aliphatic rings. The number of rotatable bonds is 11. The molecular formula is C19H23Cl3N2O2. The summed E-state index contributed by atoms with van der Waals surface area (Å²) in [6, 6.07) is 10.9. The largest absolute Gasteiger partial charge is 0.489 e. The molecule has 0 spiro atoms. The summed E-state index contributed by atoms with van der Waals surface area (Å²) in [6.45, 7) is 3.52. The zero-order valence-corrected chi connectivity index (χ0v) is 16.7. The lowest BCUT2D eigenvalue weighted by atomic mass is 10.2. The number of benzene rings is 2. The van der Waals surface area contributed by atoms with Gasteiger partial charge in [-0.05, 0) is 49.8 Å². The van der Waals surface area contributed by atoms with E-state index >= 15 is 0 Å². The molecular weight excluding hydrogens is 395 g/mol. The summed E-state index contributed by atoms with van der Waals surface area (Å²) >= 11 is 18.2. The maximum Gasteiger partial charge on any atom is 0.124 e. The predicted molar refractivity (Wildman–Crippen MR) is 109 cm³/mol. The van der Waals surface area contributed by atoms with Crippen LogP contribution in [0.15, 0.2) is 36.4 Å². The summed E-state index contributed by atoms with van der Waals surface area (Å²) in [5.74, 6) is 0.770. The number of nitrogens with one attached hydrogen (secondary N) is 2. The summed E-state index contributed by atoms with van der Waals surface area (Å²) in [5.41, 5.74) is 1.87. The zero-order valence-electron chi connectivity index (χ0n) is 14.4. The number of aliphatic hydroxyl groups excluding tert-OH is 1. The van der Waals surface area contributed by atoms with Crippen LogP contribution in [-0.2, 0) is 13.2 Å². The van der Waals surface area contributed by atoms with E-state index in [9.17, 15) is 0 Å². The van der Waals surface area contributed by atoms with Crippen LogP contribution in [0.25, 0.3) is 0 Å². The monoisotopic (exact) mass is 416 g/mol. The summed E-state index contributed by atoms with van der Waals surface area (Å²) in [5, 5.41) is 17.1. The molecule has 7 heteroatoms. The normalized spacial score (nSPS) is 10.9. The van der Waals surface area contributed by atoms with E-state index in [1.807, 2.05) is 24.3 Å². The van der Waals surface area contributed by atoms with Gasteiger partial charge in [-0.2, -0.15) is 0 Å². The van der Waals surface area contributed by atoms with Crippen LogP contribution in [0.4, 0.5) is 0 Å². The average Bonchev–Trinajstić information content (AvgIpc) is 2.61. The Morgan fingerprint density at radius 3 is 2.35 bits per heavy atom. The lowest BCUT2D eigenvalue weighted by molar-refractivity contribution is 0.292. The Bertz CT molecular complexity index is 698. The Morgan fingerprint density at radius 2 is 1.58 bits per heavy atom. The van der Waals surface area contributed by atoms with Crippen molar-refractivity contribution >= 4 is 34.8 Å². The first-order valence-electron chi connectivity index (χ1n) is 8.47. The molecule has 0 amide bonds. The molecule has 0 saturated heterocycles. The molecule has 0 bridgehead atoms. The Kier molecular flexibility index (Phi) is 9.54. The van der Waals surface area contributed by atoms with Crippen LogP contribution in [0, 0.1) is 0 Å². The van der Waals surface area contributed by atoms with E-state index in [2.05, 4.69) is 10.6 Å². The van der Waals surface area contributed by atoms with Gasteiger partial charge in [0, 0.05) is 39.3 Å². The maximum absolute atomic E-state index is 8.72. The molecule has 0 saturated carbocycles. The molecule has 2 rings (SSSR count). The van der Waals surface area contributed by atoms with Crippen molar-refractivity contribution in [1.29, 1.82) is 0 Å². The number of hydrogen-bond donors (Lipinski definition) is 3. The maximum atomic E-state index is 8.72. The molecule has 0 aliphatic carbocycles. The van der Waals surface area contributed by atoms with Crippen molar-refractivity contribution in [3.8, 4) is 5.75 Å². The first-order chi connectivity index (χ1) is 12.6. The first kappa shape index (κ1) is 21.3. The standard InChI is InChI=1S/C19H23Cl3N2O2/c20-16-4-5-19(26-13-14-2-3-17(21)11-18(14)22)15(10-16)12-24-7-1-6-23-8-9-25/h2-5,10-11,23-25H,1,6-9,12-13H2. The van der Waals surface area contributed by atoms with Crippen LogP contribution in [0.5, 0.6) is 5.75 Å². The van der Waals surface area contributed by atoms with Crippen molar-refractivity contribution in [1.82, 2.24) is 10.6 Å². The van der Waals surface area contributed by atoms with Gasteiger partial charge in [0.25, 0.3) is 0 Å². The van der Waals surface area contributed by atoms with Gasteiger partial charge in [0.2, 0.25) is 0 Å². The Morgan fingerprint density at radius 1 is 0.846 bits per heavy atom. The van der Waals surface area contributed by atoms with Crippen LogP contribution in [0.1, 0.15) is 17.5 Å². The molecule has 0 heterocycles. The van der Waals surface area contributed by atoms with Crippen molar-refractivity contribution in [3.63, 3.8) is 0 Å². The van der Waals surface area contributed by atoms with Crippen molar-refractivity contribution in [3.05, 3.63) is 62.6 Å². The van der Waals surface area contributed by atoms with Crippen molar-refractivity contribution < 1.29 is 9.84 Å². The van der Waals surface area contributed by atoms with Crippen LogP contribution in [0.3, 0.4) is 0 Å². The van der Waals surface area contributed by atoms with E-state index in [-0.39, 0.29) is 6.61 Å². The van der Waals surface area contributed by atoms with Crippen LogP contribution < -0.4 is 15.4 Å². The highest BCUT2D eigenvalue weighted by Gasteiger charge is 2.07. The van der Waals surface area contributed by atoms with Gasteiger partial charge >= 0.3 is 0 Å². The highest BCUT2D eigenvalue weighted by atomic mass is 35.5. The topological polar surface area (TPSA) is 53.5 Å². The van der Waals surface area contributed by atoms with Gasteiger partial charge in [-0.25, -0.2) is 0 Å². The van der Waals surface area contributed by atoms with Crippen molar-refractivity contribution in [2.24, 2.45) is 0 Å². The summed E-state index contributed by atoms with van der Waals surface area (Å²) in [6.07, 6.45) is 0.969. The number of ether oxygens (including phenoxy) is 1.